The number of ketones is 1. The Kier molecular flexibility index (Phi) is 5.66. The van der Waals surface area contributed by atoms with E-state index in [1.54, 1.807) is 17.0 Å². The highest BCUT2D eigenvalue weighted by molar-refractivity contribution is 6.47. The van der Waals surface area contributed by atoms with Crippen LogP contribution in [0.5, 0.6) is 0 Å². The number of amides is 1. The summed E-state index contributed by atoms with van der Waals surface area (Å²) in [4.78, 5) is 27.8. The summed E-state index contributed by atoms with van der Waals surface area (Å²) in [5.74, 6) is -1.44. The molecule has 1 unspecified atom stereocenters. The molecule has 2 aromatic carbocycles. The first-order valence-electron chi connectivity index (χ1n) is 9.79. The van der Waals surface area contributed by atoms with Crippen LogP contribution >= 0.6 is 23.2 Å². The topological polar surface area (TPSA) is 57.6 Å². The summed E-state index contributed by atoms with van der Waals surface area (Å²) in [6.45, 7) is 0. The summed E-state index contributed by atoms with van der Waals surface area (Å²) >= 11 is 12.1. The number of nitrogens with zero attached hydrogens (tertiary/aromatic N) is 1. The second-order valence-electron chi connectivity index (χ2n) is 7.54. The van der Waals surface area contributed by atoms with E-state index in [2.05, 4.69) is 0 Å². The standard InChI is InChI=1S/C23H21Cl2NO3/c24-17-12-11-15(13-18(17)25)21(27)19-20(14-7-3-1-4-8-14)26(23(29)22(19)28)16-9-5-2-6-10-16/h1,3-4,7-8,11-13,16,20,27H,2,5-6,9-10H2/b21-19-. The third kappa shape index (κ3) is 3.67. The van der Waals surface area contributed by atoms with Gasteiger partial charge in [-0.2, -0.15) is 0 Å². The van der Waals surface area contributed by atoms with Gasteiger partial charge in [-0.05, 0) is 36.6 Å². The molecule has 1 saturated heterocycles. The Balaban J connectivity index is 1.87. The smallest absolute Gasteiger partial charge is 0.295 e. The Morgan fingerprint density at radius 1 is 0.931 bits per heavy atom. The zero-order chi connectivity index (χ0) is 20.5. The van der Waals surface area contributed by atoms with Crippen LogP contribution in [0.25, 0.3) is 5.76 Å². The average Bonchev–Trinajstić information content (AvgIpc) is 3.01. The number of benzene rings is 2. The fourth-order valence-corrected chi connectivity index (χ4v) is 4.65. The van der Waals surface area contributed by atoms with Crippen LogP contribution in [0.15, 0.2) is 54.1 Å². The van der Waals surface area contributed by atoms with E-state index in [0.29, 0.717) is 10.6 Å². The third-order valence-electron chi connectivity index (χ3n) is 5.76. The van der Waals surface area contributed by atoms with Crippen molar-refractivity contribution >= 4 is 40.7 Å². The van der Waals surface area contributed by atoms with Gasteiger partial charge in [-0.25, -0.2) is 0 Å². The van der Waals surface area contributed by atoms with Crippen molar-refractivity contribution in [3.8, 4) is 0 Å². The monoisotopic (exact) mass is 429 g/mol. The quantitative estimate of drug-likeness (QED) is 0.383. The van der Waals surface area contributed by atoms with Crippen LogP contribution in [0.1, 0.15) is 49.3 Å². The first-order chi connectivity index (χ1) is 14.0. The molecule has 6 heteroatoms. The molecule has 1 N–H and O–H groups in total. The number of carbonyl (C=O) groups is 2. The normalized spacial score (nSPS) is 22.3. The minimum atomic E-state index is -0.659. The largest absolute Gasteiger partial charge is 0.507 e. The summed E-state index contributed by atoms with van der Waals surface area (Å²) in [5.41, 5.74) is 1.27. The predicted molar refractivity (Wildman–Crippen MR) is 114 cm³/mol. The summed E-state index contributed by atoms with van der Waals surface area (Å²) < 4.78 is 0. The lowest BCUT2D eigenvalue weighted by atomic mass is 9.91. The molecule has 2 fully saturated rings. The molecule has 1 aliphatic heterocycles. The molecule has 150 valence electrons. The Bertz CT molecular complexity index is 981. The van der Waals surface area contributed by atoms with E-state index in [1.165, 1.54) is 6.07 Å². The van der Waals surface area contributed by atoms with Gasteiger partial charge >= 0.3 is 0 Å². The van der Waals surface area contributed by atoms with Gasteiger partial charge in [0.1, 0.15) is 5.76 Å². The number of aliphatic hydroxyl groups is 1. The van der Waals surface area contributed by atoms with E-state index in [-0.39, 0.29) is 22.4 Å². The zero-order valence-corrected chi connectivity index (χ0v) is 17.3. The zero-order valence-electron chi connectivity index (χ0n) is 15.8. The lowest BCUT2D eigenvalue weighted by Crippen LogP contribution is -2.40. The maximum absolute atomic E-state index is 13.0. The van der Waals surface area contributed by atoms with E-state index >= 15 is 0 Å². The summed E-state index contributed by atoms with van der Waals surface area (Å²) in [5, 5.41) is 11.7. The van der Waals surface area contributed by atoms with Gasteiger partial charge in [0.2, 0.25) is 0 Å². The molecule has 0 bridgehead atoms. The number of carbonyl (C=O) groups excluding carboxylic acids is 2. The molecule has 0 radical (unpaired) electrons. The van der Waals surface area contributed by atoms with Gasteiger partial charge in [-0.15, -0.1) is 0 Å². The van der Waals surface area contributed by atoms with Crippen molar-refractivity contribution in [2.24, 2.45) is 0 Å². The first kappa shape index (κ1) is 20.0. The molecule has 2 aromatic rings. The average molecular weight is 430 g/mol. The van der Waals surface area contributed by atoms with Crippen molar-refractivity contribution in [3.63, 3.8) is 0 Å². The van der Waals surface area contributed by atoms with E-state index < -0.39 is 17.7 Å². The maximum atomic E-state index is 13.0. The van der Waals surface area contributed by atoms with Gasteiger partial charge in [0, 0.05) is 11.6 Å². The Hall–Kier alpha value is -2.30. The Morgan fingerprint density at radius 3 is 2.28 bits per heavy atom. The molecule has 1 saturated carbocycles. The van der Waals surface area contributed by atoms with Crippen molar-refractivity contribution in [1.29, 1.82) is 0 Å². The molecular formula is C23H21Cl2NO3. The molecule has 29 heavy (non-hydrogen) atoms. The highest BCUT2D eigenvalue weighted by atomic mass is 35.5. The number of hydrogen-bond donors (Lipinski definition) is 1. The molecule has 4 rings (SSSR count). The lowest BCUT2D eigenvalue weighted by molar-refractivity contribution is -0.141. The second-order valence-corrected chi connectivity index (χ2v) is 8.35. The van der Waals surface area contributed by atoms with Crippen molar-refractivity contribution in [2.45, 2.75) is 44.2 Å². The van der Waals surface area contributed by atoms with Crippen molar-refractivity contribution in [3.05, 3.63) is 75.3 Å². The van der Waals surface area contributed by atoms with Crippen LogP contribution in [-0.4, -0.2) is 27.7 Å². The van der Waals surface area contributed by atoms with Gasteiger partial charge in [-0.1, -0.05) is 72.8 Å². The molecular weight excluding hydrogens is 409 g/mol. The minimum Gasteiger partial charge on any atom is -0.507 e. The number of hydrogen-bond acceptors (Lipinski definition) is 3. The van der Waals surface area contributed by atoms with Crippen LogP contribution in [0.4, 0.5) is 0 Å². The van der Waals surface area contributed by atoms with Gasteiger partial charge in [0.25, 0.3) is 11.7 Å². The van der Waals surface area contributed by atoms with Crippen LogP contribution in [-0.2, 0) is 9.59 Å². The summed E-state index contributed by atoms with van der Waals surface area (Å²) in [6, 6.07) is 13.4. The van der Waals surface area contributed by atoms with E-state index in [1.807, 2.05) is 30.3 Å². The van der Waals surface area contributed by atoms with Gasteiger partial charge in [0.15, 0.2) is 0 Å². The third-order valence-corrected chi connectivity index (χ3v) is 6.50. The van der Waals surface area contributed by atoms with Crippen LogP contribution in [0, 0.1) is 0 Å². The first-order valence-corrected chi connectivity index (χ1v) is 10.5. The lowest BCUT2D eigenvalue weighted by Gasteiger charge is -2.35. The molecule has 2 aliphatic rings. The van der Waals surface area contributed by atoms with Crippen LogP contribution in [0.3, 0.4) is 0 Å². The molecule has 4 nitrogen and oxygen atoms in total. The molecule has 1 heterocycles. The molecule has 1 aliphatic carbocycles. The molecule has 1 amide bonds. The van der Waals surface area contributed by atoms with Crippen molar-refractivity contribution in [2.75, 3.05) is 0 Å². The SMILES string of the molecule is O=C1C(=O)N(C2CCCCC2)C(c2ccccc2)/C1=C(/O)c1ccc(Cl)c(Cl)c1. The van der Waals surface area contributed by atoms with Gasteiger partial charge < -0.3 is 10.0 Å². The van der Waals surface area contributed by atoms with Crippen LogP contribution < -0.4 is 0 Å². The number of rotatable bonds is 3. The fraction of sp³-hybridized carbons (Fsp3) is 0.304. The molecule has 0 spiro atoms. The highest BCUT2D eigenvalue weighted by Gasteiger charge is 2.48. The number of halogens is 2. The van der Waals surface area contributed by atoms with E-state index in [4.69, 9.17) is 23.2 Å². The number of likely N-dealkylation sites (tertiary alicyclic amines) is 1. The Labute approximate surface area is 179 Å². The molecule has 0 aromatic heterocycles. The second kappa shape index (κ2) is 8.21. The van der Waals surface area contributed by atoms with E-state index in [9.17, 15) is 14.7 Å². The Morgan fingerprint density at radius 2 is 1.62 bits per heavy atom. The van der Waals surface area contributed by atoms with Crippen LogP contribution in [0.2, 0.25) is 10.0 Å². The van der Waals surface area contributed by atoms with Gasteiger partial charge in [-0.3, -0.25) is 9.59 Å². The van der Waals surface area contributed by atoms with Gasteiger partial charge in [0.05, 0.1) is 21.7 Å². The number of aliphatic hydroxyl groups excluding tert-OH is 1. The predicted octanol–water partition coefficient (Wildman–Crippen LogP) is 5.75. The van der Waals surface area contributed by atoms with Crippen molar-refractivity contribution < 1.29 is 14.7 Å². The fourth-order valence-electron chi connectivity index (χ4n) is 4.35. The highest BCUT2D eigenvalue weighted by Crippen LogP contribution is 2.43. The summed E-state index contributed by atoms with van der Waals surface area (Å²) in [6.07, 6.45) is 4.93. The minimum absolute atomic E-state index is 0.00971. The van der Waals surface area contributed by atoms with E-state index in [0.717, 1.165) is 37.7 Å². The number of Topliss-reactive ketones (excluding diaryl/α,β-unsaturated/α-hetero) is 1. The molecule has 1 atom stereocenters. The maximum Gasteiger partial charge on any atom is 0.295 e. The summed E-state index contributed by atoms with van der Waals surface area (Å²) in [7, 11) is 0. The van der Waals surface area contributed by atoms with Crippen molar-refractivity contribution in [1.82, 2.24) is 4.90 Å².